The predicted molar refractivity (Wildman–Crippen MR) is 77.8 cm³/mol. The Morgan fingerprint density at radius 2 is 1.95 bits per heavy atom. The Hall–Kier alpha value is -1.29. The number of ether oxygens (including phenoxy) is 1. The van der Waals surface area contributed by atoms with Gasteiger partial charge in [-0.1, -0.05) is 23.2 Å². The zero-order valence-electron chi connectivity index (χ0n) is 10.7. The average molecular weight is 315 g/mol. The molecule has 0 saturated heterocycles. The maximum Gasteiger partial charge on any atom is 0.128 e. The van der Waals surface area contributed by atoms with Gasteiger partial charge in [0.1, 0.15) is 18.2 Å². The summed E-state index contributed by atoms with van der Waals surface area (Å²) in [5.74, 6) is -0.141. The summed E-state index contributed by atoms with van der Waals surface area (Å²) in [7, 11) is 0. The lowest BCUT2D eigenvalue weighted by atomic mass is 10.1. The Kier molecular flexibility index (Phi) is 4.86. The molecule has 0 aliphatic rings. The number of benzene rings is 2. The number of rotatable bonds is 4. The third-order valence-electron chi connectivity index (χ3n) is 2.82. The first-order valence-electron chi connectivity index (χ1n) is 6.01. The fourth-order valence-corrected chi connectivity index (χ4v) is 2.15. The van der Waals surface area contributed by atoms with Crippen LogP contribution in [0.5, 0.6) is 5.75 Å². The molecule has 0 unspecified atom stereocenters. The summed E-state index contributed by atoms with van der Waals surface area (Å²) in [4.78, 5) is 0. The SMILES string of the molecule is C[C@H](O)c1ccc(F)cc1OCc1cc(Cl)ccc1Cl. The molecule has 0 spiro atoms. The van der Waals surface area contributed by atoms with E-state index in [4.69, 9.17) is 27.9 Å². The van der Waals surface area contributed by atoms with Crippen molar-refractivity contribution in [3.05, 3.63) is 63.4 Å². The van der Waals surface area contributed by atoms with E-state index in [0.717, 1.165) is 0 Å². The lowest BCUT2D eigenvalue weighted by Crippen LogP contribution is -2.02. The Balaban J connectivity index is 2.22. The Bertz CT molecular complexity index is 615. The molecule has 0 bridgehead atoms. The third-order valence-corrected chi connectivity index (χ3v) is 3.42. The molecule has 2 nitrogen and oxygen atoms in total. The van der Waals surface area contributed by atoms with Gasteiger partial charge in [-0.05, 0) is 37.3 Å². The molecule has 0 amide bonds. The van der Waals surface area contributed by atoms with E-state index in [1.165, 1.54) is 18.2 Å². The molecule has 2 aromatic carbocycles. The highest BCUT2D eigenvalue weighted by atomic mass is 35.5. The average Bonchev–Trinajstić information content (AvgIpc) is 2.39. The summed E-state index contributed by atoms with van der Waals surface area (Å²) in [6.07, 6.45) is -0.750. The molecule has 2 aromatic rings. The third kappa shape index (κ3) is 3.63. The molecule has 1 atom stereocenters. The van der Waals surface area contributed by atoms with E-state index in [1.54, 1.807) is 25.1 Å². The standard InChI is InChI=1S/C15H13Cl2FO2/c1-9(19)13-4-3-12(18)7-15(13)20-8-10-6-11(16)2-5-14(10)17/h2-7,9,19H,8H2,1H3/t9-/m0/s1. The second-order valence-corrected chi connectivity index (χ2v) is 5.23. The molecule has 0 aromatic heterocycles. The quantitative estimate of drug-likeness (QED) is 0.881. The van der Waals surface area contributed by atoms with Gasteiger partial charge in [-0.2, -0.15) is 0 Å². The summed E-state index contributed by atoms with van der Waals surface area (Å²) in [5.41, 5.74) is 1.21. The molecule has 2 rings (SSSR count). The first-order chi connectivity index (χ1) is 9.47. The van der Waals surface area contributed by atoms with Crippen molar-refractivity contribution in [1.29, 1.82) is 0 Å². The van der Waals surface area contributed by atoms with Crippen LogP contribution < -0.4 is 4.74 Å². The van der Waals surface area contributed by atoms with Crippen molar-refractivity contribution in [2.24, 2.45) is 0 Å². The minimum atomic E-state index is -0.750. The second kappa shape index (κ2) is 6.44. The minimum Gasteiger partial charge on any atom is -0.488 e. The number of aliphatic hydroxyl groups excluding tert-OH is 1. The van der Waals surface area contributed by atoms with Gasteiger partial charge < -0.3 is 9.84 Å². The molecule has 0 aliphatic heterocycles. The van der Waals surface area contributed by atoms with E-state index in [9.17, 15) is 9.50 Å². The summed E-state index contributed by atoms with van der Waals surface area (Å²) in [5, 5.41) is 10.7. The molecule has 0 aliphatic carbocycles. The van der Waals surface area contributed by atoms with Crippen LogP contribution >= 0.6 is 23.2 Å². The Labute approximate surface area is 126 Å². The van der Waals surface area contributed by atoms with E-state index < -0.39 is 11.9 Å². The normalized spacial score (nSPS) is 12.2. The van der Waals surface area contributed by atoms with Crippen LogP contribution in [0.15, 0.2) is 36.4 Å². The molecule has 0 radical (unpaired) electrons. The van der Waals surface area contributed by atoms with Crippen molar-refractivity contribution >= 4 is 23.2 Å². The fourth-order valence-electron chi connectivity index (χ4n) is 1.79. The van der Waals surface area contributed by atoms with Gasteiger partial charge in [0.25, 0.3) is 0 Å². The number of aliphatic hydroxyl groups is 1. The number of hydrogen-bond acceptors (Lipinski definition) is 2. The van der Waals surface area contributed by atoms with Crippen LogP contribution in [-0.2, 0) is 6.61 Å². The molecule has 0 fully saturated rings. The van der Waals surface area contributed by atoms with E-state index in [0.29, 0.717) is 21.2 Å². The second-order valence-electron chi connectivity index (χ2n) is 4.38. The molecule has 106 valence electrons. The molecule has 5 heteroatoms. The molecule has 0 saturated carbocycles. The van der Waals surface area contributed by atoms with Crippen LogP contribution in [0, 0.1) is 5.82 Å². The van der Waals surface area contributed by atoms with Gasteiger partial charge in [0, 0.05) is 27.2 Å². The zero-order valence-corrected chi connectivity index (χ0v) is 12.2. The van der Waals surface area contributed by atoms with Gasteiger partial charge in [0.05, 0.1) is 6.10 Å². The molecule has 0 heterocycles. The fraction of sp³-hybridized carbons (Fsp3) is 0.200. The van der Waals surface area contributed by atoms with Crippen molar-refractivity contribution < 1.29 is 14.2 Å². The van der Waals surface area contributed by atoms with Gasteiger partial charge in [-0.3, -0.25) is 0 Å². The number of halogens is 3. The summed E-state index contributed by atoms with van der Waals surface area (Å²) < 4.78 is 18.8. The van der Waals surface area contributed by atoms with E-state index in [-0.39, 0.29) is 12.4 Å². The Morgan fingerprint density at radius 3 is 2.65 bits per heavy atom. The smallest absolute Gasteiger partial charge is 0.128 e. The van der Waals surface area contributed by atoms with Gasteiger partial charge in [0.15, 0.2) is 0 Å². The van der Waals surface area contributed by atoms with Crippen LogP contribution in [0.1, 0.15) is 24.2 Å². The molecule has 20 heavy (non-hydrogen) atoms. The van der Waals surface area contributed by atoms with Crippen molar-refractivity contribution in [2.75, 3.05) is 0 Å². The lowest BCUT2D eigenvalue weighted by Gasteiger charge is -2.14. The molecular formula is C15H13Cl2FO2. The number of hydrogen-bond donors (Lipinski definition) is 1. The molecular weight excluding hydrogens is 302 g/mol. The molecule has 1 N–H and O–H groups in total. The van der Waals surface area contributed by atoms with Crippen LogP contribution in [0.3, 0.4) is 0 Å². The first kappa shape index (κ1) is 15.1. The maximum atomic E-state index is 13.3. The van der Waals surface area contributed by atoms with Gasteiger partial charge in [-0.15, -0.1) is 0 Å². The van der Waals surface area contributed by atoms with Crippen LogP contribution in [0.4, 0.5) is 4.39 Å². The van der Waals surface area contributed by atoms with Crippen LogP contribution in [0.2, 0.25) is 10.0 Å². The van der Waals surface area contributed by atoms with Crippen molar-refractivity contribution in [1.82, 2.24) is 0 Å². The monoisotopic (exact) mass is 314 g/mol. The summed E-state index contributed by atoms with van der Waals surface area (Å²) >= 11 is 11.9. The van der Waals surface area contributed by atoms with E-state index in [2.05, 4.69) is 0 Å². The van der Waals surface area contributed by atoms with Gasteiger partial charge in [-0.25, -0.2) is 4.39 Å². The van der Waals surface area contributed by atoms with Crippen LogP contribution in [0.25, 0.3) is 0 Å². The highest BCUT2D eigenvalue weighted by Gasteiger charge is 2.11. The van der Waals surface area contributed by atoms with Gasteiger partial charge >= 0.3 is 0 Å². The largest absolute Gasteiger partial charge is 0.488 e. The van der Waals surface area contributed by atoms with Crippen LogP contribution in [-0.4, -0.2) is 5.11 Å². The Morgan fingerprint density at radius 1 is 1.20 bits per heavy atom. The minimum absolute atomic E-state index is 0.141. The van der Waals surface area contributed by atoms with Crippen molar-refractivity contribution in [3.63, 3.8) is 0 Å². The maximum absolute atomic E-state index is 13.3. The summed E-state index contributed by atoms with van der Waals surface area (Å²) in [6.45, 7) is 1.73. The first-order valence-corrected chi connectivity index (χ1v) is 6.77. The van der Waals surface area contributed by atoms with E-state index >= 15 is 0 Å². The topological polar surface area (TPSA) is 29.5 Å². The highest BCUT2D eigenvalue weighted by molar-refractivity contribution is 6.33. The lowest BCUT2D eigenvalue weighted by molar-refractivity contribution is 0.190. The predicted octanol–water partition coefficient (Wildman–Crippen LogP) is 4.76. The van der Waals surface area contributed by atoms with E-state index in [1.807, 2.05) is 0 Å². The van der Waals surface area contributed by atoms with Crippen molar-refractivity contribution in [2.45, 2.75) is 19.6 Å². The summed E-state index contributed by atoms with van der Waals surface area (Å²) in [6, 6.07) is 9.04. The van der Waals surface area contributed by atoms with Gasteiger partial charge in [0.2, 0.25) is 0 Å². The zero-order chi connectivity index (χ0) is 14.7. The highest BCUT2D eigenvalue weighted by Crippen LogP contribution is 2.28. The van der Waals surface area contributed by atoms with Crippen molar-refractivity contribution in [3.8, 4) is 5.75 Å².